The first-order valence-electron chi connectivity index (χ1n) is 9.94. The quantitative estimate of drug-likeness (QED) is 0.156. The lowest BCUT2D eigenvalue weighted by atomic mass is 10.0. The number of pyridine rings is 1. The van der Waals surface area contributed by atoms with Crippen LogP contribution < -0.4 is 0 Å². The average molecular weight is 461 g/mol. The minimum atomic E-state index is -0.696. The summed E-state index contributed by atoms with van der Waals surface area (Å²) in [6.45, 7) is 1.40. The van der Waals surface area contributed by atoms with Crippen molar-refractivity contribution in [3.8, 4) is 11.3 Å². The third kappa shape index (κ3) is 4.73. The van der Waals surface area contributed by atoms with Crippen LogP contribution in [0.3, 0.4) is 0 Å². The standard InChI is InChI=1S/C25H17ClN2O5/c1-15-6-8-16(9-7-15)22-13-19(18-4-2-3-5-21(18)27-22)25(30)33-14-24(29)17-10-11-20(26)23(12-17)28(31)32/h2-13H,14H2,1H3. The molecule has 0 saturated carbocycles. The molecule has 1 heterocycles. The molecule has 33 heavy (non-hydrogen) atoms. The fraction of sp³-hybridized carbons (Fsp3) is 0.0800. The molecule has 0 amide bonds. The molecule has 7 nitrogen and oxygen atoms in total. The molecule has 4 aromatic rings. The van der Waals surface area contributed by atoms with E-state index in [2.05, 4.69) is 4.98 Å². The van der Waals surface area contributed by atoms with Crippen molar-refractivity contribution in [3.63, 3.8) is 0 Å². The molecule has 0 saturated heterocycles. The number of nitro benzene ring substituents is 1. The number of carbonyl (C=O) groups excluding carboxylic acids is 2. The zero-order valence-corrected chi connectivity index (χ0v) is 18.2. The van der Waals surface area contributed by atoms with E-state index >= 15 is 0 Å². The van der Waals surface area contributed by atoms with E-state index in [4.69, 9.17) is 16.3 Å². The summed E-state index contributed by atoms with van der Waals surface area (Å²) in [7, 11) is 0. The number of aryl methyl sites for hydroxylation is 1. The second-order valence-corrected chi connectivity index (χ2v) is 7.77. The molecule has 3 aromatic carbocycles. The van der Waals surface area contributed by atoms with Crippen LogP contribution in [0.5, 0.6) is 0 Å². The Morgan fingerprint density at radius 2 is 1.76 bits per heavy atom. The minimum absolute atomic E-state index is 0.0267. The predicted molar refractivity (Wildman–Crippen MR) is 125 cm³/mol. The number of esters is 1. The highest BCUT2D eigenvalue weighted by Gasteiger charge is 2.19. The smallest absolute Gasteiger partial charge is 0.339 e. The fourth-order valence-corrected chi connectivity index (χ4v) is 3.52. The Kier molecular flexibility index (Phi) is 6.15. The Bertz CT molecular complexity index is 1400. The molecule has 4 rings (SSSR count). The number of hydrogen-bond acceptors (Lipinski definition) is 6. The lowest BCUT2D eigenvalue weighted by Gasteiger charge is -2.10. The Balaban J connectivity index is 1.61. The molecule has 0 fully saturated rings. The summed E-state index contributed by atoms with van der Waals surface area (Å²) < 4.78 is 5.27. The molecule has 0 radical (unpaired) electrons. The van der Waals surface area contributed by atoms with Crippen molar-refractivity contribution in [1.29, 1.82) is 0 Å². The second-order valence-electron chi connectivity index (χ2n) is 7.36. The summed E-state index contributed by atoms with van der Waals surface area (Å²) in [5, 5.41) is 11.6. The van der Waals surface area contributed by atoms with Gasteiger partial charge in [-0.1, -0.05) is 59.6 Å². The normalized spacial score (nSPS) is 10.7. The fourth-order valence-electron chi connectivity index (χ4n) is 3.33. The van der Waals surface area contributed by atoms with Crippen LogP contribution in [0.2, 0.25) is 5.02 Å². The van der Waals surface area contributed by atoms with Crippen molar-refractivity contribution in [3.05, 3.63) is 105 Å². The van der Waals surface area contributed by atoms with Crippen LogP contribution in [0.15, 0.2) is 72.8 Å². The molecule has 8 heteroatoms. The van der Waals surface area contributed by atoms with Gasteiger partial charge in [-0.3, -0.25) is 14.9 Å². The van der Waals surface area contributed by atoms with E-state index < -0.39 is 29.0 Å². The van der Waals surface area contributed by atoms with Crippen molar-refractivity contribution in [2.45, 2.75) is 6.92 Å². The van der Waals surface area contributed by atoms with Gasteiger partial charge < -0.3 is 4.74 Å². The summed E-state index contributed by atoms with van der Waals surface area (Å²) in [5.41, 5.74) is 3.05. The first kappa shape index (κ1) is 22.1. The summed E-state index contributed by atoms with van der Waals surface area (Å²) in [5.74, 6) is -1.28. The van der Waals surface area contributed by atoms with Gasteiger partial charge in [0.15, 0.2) is 6.61 Å². The van der Waals surface area contributed by atoms with Gasteiger partial charge in [-0.15, -0.1) is 0 Å². The van der Waals surface area contributed by atoms with Crippen LogP contribution in [-0.4, -0.2) is 28.3 Å². The first-order chi connectivity index (χ1) is 15.8. The SMILES string of the molecule is Cc1ccc(-c2cc(C(=O)OCC(=O)c3ccc(Cl)c([N+](=O)[O-])c3)c3ccccc3n2)cc1. The third-order valence-electron chi connectivity index (χ3n) is 5.08. The summed E-state index contributed by atoms with van der Waals surface area (Å²) >= 11 is 5.79. The van der Waals surface area contributed by atoms with Crippen molar-refractivity contribution in [2.24, 2.45) is 0 Å². The van der Waals surface area contributed by atoms with Gasteiger partial charge in [0.05, 0.1) is 21.7 Å². The van der Waals surface area contributed by atoms with Crippen molar-refractivity contribution >= 4 is 39.9 Å². The van der Waals surface area contributed by atoms with Crippen LogP contribution in [0.1, 0.15) is 26.3 Å². The highest BCUT2D eigenvalue weighted by atomic mass is 35.5. The van der Waals surface area contributed by atoms with E-state index in [0.29, 0.717) is 16.6 Å². The molecule has 0 bridgehead atoms. The van der Waals surface area contributed by atoms with Gasteiger partial charge in [-0.25, -0.2) is 9.78 Å². The Labute approximate surface area is 193 Å². The van der Waals surface area contributed by atoms with Crippen molar-refractivity contribution in [1.82, 2.24) is 4.98 Å². The number of carbonyl (C=O) groups is 2. The minimum Gasteiger partial charge on any atom is -0.454 e. The van der Waals surface area contributed by atoms with E-state index in [1.165, 1.54) is 12.1 Å². The number of halogens is 1. The number of para-hydroxylation sites is 1. The zero-order valence-electron chi connectivity index (χ0n) is 17.4. The van der Waals surface area contributed by atoms with E-state index in [-0.39, 0.29) is 16.1 Å². The largest absolute Gasteiger partial charge is 0.454 e. The molecular weight excluding hydrogens is 444 g/mol. The van der Waals surface area contributed by atoms with Gasteiger partial charge in [0.1, 0.15) is 5.02 Å². The van der Waals surface area contributed by atoms with Crippen LogP contribution >= 0.6 is 11.6 Å². The Morgan fingerprint density at radius 1 is 1.03 bits per heavy atom. The number of ketones is 1. The number of aromatic nitrogens is 1. The predicted octanol–water partition coefficient (Wildman–Crippen LogP) is 5.81. The van der Waals surface area contributed by atoms with Gasteiger partial charge in [0.2, 0.25) is 5.78 Å². The van der Waals surface area contributed by atoms with E-state index in [1.54, 1.807) is 24.3 Å². The van der Waals surface area contributed by atoms with Crippen LogP contribution in [0, 0.1) is 17.0 Å². The molecular formula is C25H17ClN2O5. The Morgan fingerprint density at radius 3 is 2.48 bits per heavy atom. The lowest BCUT2D eigenvalue weighted by Crippen LogP contribution is -2.15. The number of Topliss-reactive ketones (excluding diaryl/α,β-unsaturated/α-hetero) is 1. The van der Waals surface area contributed by atoms with Gasteiger partial charge in [0.25, 0.3) is 5.69 Å². The van der Waals surface area contributed by atoms with Crippen molar-refractivity contribution in [2.75, 3.05) is 6.61 Å². The van der Waals surface area contributed by atoms with Crippen molar-refractivity contribution < 1.29 is 19.2 Å². The highest BCUT2D eigenvalue weighted by Crippen LogP contribution is 2.27. The topological polar surface area (TPSA) is 99.4 Å². The van der Waals surface area contributed by atoms with Gasteiger partial charge >= 0.3 is 5.97 Å². The molecule has 0 unspecified atom stereocenters. The molecule has 0 atom stereocenters. The monoisotopic (exact) mass is 460 g/mol. The van der Waals surface area contributed by atoms with E-state index in [9.17, 15) is 19.7 Å². The average Bonchev–Trinajstić information content (AvgIpc) is 2.82. The molecule has 0 aliphatic rings. The summed E-state index contributed by atoms with van der Waals surface area (Å²) in [6, 6.07) is 20.2. The molecule has 0 N–H and O–H groups in total. The summed E-state index contributed by atoms with van der Waals surface area (Å²) in [4.78, 5) is 40.4. The molecule has 1 aromatic heterocycles. The first-order valence-corrected chi connectivity index (χ1v) is 10.3. The zero-order chi connectivity index (χ0) is 23.5. The number of hydrogen-bond donors (Lipinski definition) is 0. The Hall–Kier alpha value is -4.10. The molecule has 0 aliphatic carbocycles. The van der Waals surface area contributed by atoms with Crippen LogP contribution in [0.25, 0.3) is 22.2 Å². The number of nitro groups is 1. The molecule has 0 aliphatic heterocycles. The second kappa shape index (κ2) is 9.18. The van der Waals surface area contributed by atoms with Gasteiger partial charge in [-0.05, 0) is 31.2 Å². The third-order valence-corrected chi connectivity index (χ3v) is 5.40. The summed E-state index contributed by atoms with van der Waals surface area (Å²) in [6.07, 6.45) is 0. The van der Waals surface area contributed by atoms with Crippen LogP contribution in [-0.2, 0) is 4.74 Å². The highest BCUT2D eigenvalue weighted by molar-refractivity contribution is 6.32. The number of ether oxygens (including phenoxy) is 1. The molecule has 0 spiro atoms. The molecule has 164 valence electrons. The maximum Gasteiger partial charge on any atom is 0.339 e. The van der Waals surface area contributed by atoms with Gasteiger partial charge in [0, 0.05) is 22.6 Å². The van der Waals surface area contributed by atoms with E-state index in [1.807, 2.05) is 37.3 Å². The maximum absolute atomic E-state index is 12.9. The lowest BCUT2D eigenvalue weighted by molar-refractivity contribution is -0.384. The number of rotatable bonds is 6. The number of nitrogens with zero attached hydrogens (tertiary/aromatic N) is 2. The van der Waals surface area contributed by atoms with E-state index in [0.717, 1.165) is 17.2 Å². The maximum atomic E-state index is 12.9. The van der Waals surface area contributed by atoms with Gasteiger partial charge in [-0.2, -0.15) is 0 Å². The number of benzene rings is 3. The van der Waals surface area contributed by atoms with Crippen LogP contribution in [0.4, 0.5) is 5.69 Å². The number of fused-ring (bicyclic) bond motifs is 1.